The lowest BCUT2D eigenvalue weighted by molar-refractivity contribution is 0.0196. The van der Waals surface area contributed by atoms with E-state index in [9.17, 15) is 5.11 Å². The highest BCUT2D eigenvalue weighted by molar-refractivity contribution is 6.29. The van der Waals surface area contributed by atoms with Crippen LogP contribution >= 0.6 is 11.6 Å². The molecule has 1 aliphatic heterocycles. The van der Waals surface area contributed by atoms with Crippen LogP contribution < -0.4 is 10.2 Å². The molecule has 1 aliphatic carbocycles. The predicted molar refractivity (Wildman–Crippen MR) is 116 cm³/mol. The minimum Gasteiger partial charge on any atom is -0.390 e. The number of hydrogen-bond acceptors (Lipinski definition) is 7. The van der Waals surface area contributed by atoms with E-state index in [-0.39, 0.29) is 0 Å². The minimum atomic E-state index is -0.554. The lowest BCUT2D eigenvalue weighted by atomic mass is 9.83. The topological polar surface area (TPSA) is 77.4 Å². The van der Waals surface area contributed by atoms with Gasteiger partial charge in [-0.1, -0.05) is 11.6 Å². The van der Waals surface area contributed by atoms with Crippen LogP contribution in [0.5, 0.6) is 0 Å². The number of aliphatic hydroxyl groups is 1. The van der Waals surface area contributed by atoms with Crippen LogP contribution in [0.3, 0.4) is 0 Å². The van der Waals surface area contributed by atoms with Crippen molar-refractivity contribution in [3.63, 3.8) is 0 Å². The summed E-state index contributed by atoms with van der Waals surface area (Å²) in [6, 6.07) is 6.18. The monoisotopic (exact) mass is 416 g/mol. The summed E-state index contributed by atoms with van der Waals surface area (Å²) in [6.07, 6.45) is 5.17. The average molecular weight is 417 g/mol. The average Bonchev–Trinajstić information content (AvgIpc) is 2.71. The molecule has 2 aromatic rings. The van der Waals surface area contributed by atoms with Gasteiger partial charge in [0, 0.05) is 49.7 Å². The van der Waals surface area contributed by atoms with Crippen LogP contribution in [0.2, 0.25) is 5.15 Å². The van der Waals surface area contributed by atoms with Crippen molar-refractivity contribution in [2.45, 2.75) is 44.2 Å². The quantitative estimate of drug-likeness (QED) is 0.741. The molecule has 156 valence electrons. The Balaban J connectivity index is 1.51. The zero-order valence-electron chi connectivity index (χ0n) is 17.1. The van der Waals surface area contributed by atoms with Gasteiger partial charge in [0.05, 0.1) is 11.3 Å². The number of pyridine rings is 1. The van der Waals surface area contributed by atoms with Crippen molar-refractivity contribution in [1.82, 2.24) is 20.1 Å². The highest BCUT2D eigenvalue weighted by Gasteiger charge is 2.29. The highest BCUT2D eigenvalue weighted by Crippen LogP contribution is 2.33. The number of rotatable bonds is 4. The maximum atomic E-state index is 10.2. The largest absolute Gasteiger partial charge is 0.390 e. The van der Waals surface area contributed by atoms with Crippen molar-refractivity contribution in [3.8, 4) is 11.3 Å². The van der Waals surface area contributed by atoms with E-state index in [1.165, 1.54) is 0 Å². The Hall–Kier alpha value is -1.96. The third-order valence-electron chi connectivity index (χ3n) is 6.05. The SMILES string of the molecule is CN1CCN(c2ccc(-c3cnc(Cl)cc3NC3CCC(C)(O)CC3)nn2)CC1. The number of piperazine rings is 1. The Labute approximate surface area is 177 Å². The fraction of sp³-hybridized carbons (Fsp3) is 0.571. The summed E-state index contributed by atoms with van der Waals surface area (Å²) in [7, 11) is 2.14. The Morgan fingerprint density at radius 3 is 2.52 bits per heavy atom. The third-order valence-corrected chi connectivity index (χ3v) is 6.25. The second-order valence-electron chi connectivity index (χ2n) is 8.54. The molecule has 0 amide bonds. The van der Waals surface area contributed by atoms with Crippen LogP contribution in [0.1, 0.15) is 32.6 Å². The standard InChI is InChI=1S/C21H29ClN6O/c1-21(29)7-5-15(6-8-21)24-18-13-19(22)23-14-16(18)17-3-4-20(26-25-17)28-11-9-27(2)10-12-28/h3-4,13-15,29H,5-12H2,1-2H3,(H,23,24). The van der Waals surface area contributed by atoms with E-state index in [1.54, 1.807) is 6.20 Å². The van der Waals surface area contributed by atoms with Gasteiger partial charge in [-0.2, -0.15) is 0 Å². The van der Waals surface area contributed by atoms with Crippen LogP contribution in [0.4, 0.5) is 11.5 Å². The Kier molecular flexibility index (Phi) is 5.90. The van der Waals surface area contributed by atoms with Crippen molar-refractivity contribution in [2.75, 3.05) is 43.4 Å². The highest BCUT2D eigenvalue weighted by atomic mass is 35.5. The maximum Gasteiger partial charge on any atom is 0.151 e. The first-order chi connectivity index (χ1) is 13.9. The molecule has 3 heterocycles. The third kappa shape index (κ3) is 4.97. The Morgan fingerprint density at radius 1 is 1.14 bits per heavy atom. The van der Waals surface area contributed by atoms with E-state index in [2.05, 4.69) is 37.3 Å². The second-order valence-corrected chi connectivity index (χ2v) is 8.92. The van der Waals surface area contributed by atoms with Gasteiger partial charge in [0.1, 0.15) is 5.15 Å². The molecule has 29 heavy (non-hydrogen) atoms. The Bertz CT molecular complexity index is 826. The molecular formula is C21H29ClN6O. The number of nitrogens with one attached hydrogen (secondary N) is 1. The number of nitrogens with zero attached hydrogens (tertiary/aromatic N) is 5. The molecule has 2 aromatic heterocycles. The van der Waals surface area contributed by atoms with Gasteiger partial charge in [0.25, 0.3) is 0 Å². The summed E-state index contributed by atoms with van der Waals surface area (Å²) in [5.74, 6) is 0.910. The zero-order chi connectivity index (χ0) is 20.4. The summed E-state index contributed by atoms with van der Waals surface area (Å²) in [5, 5.41) is 23.2. The normalized spacial score (nSPS) is 25.8. The summed E-state index contributed by atoms with van der Waals surface area (Å²) in [5.41, 5.74) is 2.03. The maximum absolute atomic E-state index is 10.2. The first kappa shape index (κ1) is 20.3. The molecule has 1 saturated heterocycles. The van der Waals surface area contributed by atoms with E-state index in [0.29, 0.717) is 11.2 Å². The summed E-state index contributed by atoms with van der Waals surface area (Å²) >= 11 is 6.17. The van der Waals surface area contributed by atoms with Crippen LogP contribution in [-0.2, 0) is 0 Å². The van der Waals surface area contributed by atoms with E-state index in [0.717, 1.165) is 74.6 Å². The van der Waals surface area contributed by atoms with Crippen LogP contribution in [0.15, 0.2) is 24.4 Å². The first-order valence-electron chi connectivity index (χ1n) is 10.3. The number of hydrogen-bond donors (Lipinski definition) is 2. The van der Waals surface area contributed by atoms with Gasteiger partial charge in [0.15, 0.2) is 5.82 Å². The molecule has 0 atom stereocenters. The van der Waals surface area contributed by atoms with Gasteiger partial charge in [-0.15, -0.1) is 10.2 Å². The molecule has 2 N–H and O–H groups in total. The van der Waals surface area contributed by atoms with Crippen molar-refractivity contribution < 1.29 is 5.11 Å². The molecule has 2 fully saturated rings. The number of likely N-dealkylation sites (N-methyl/N-ethyl adjacent to an activating group) is 1. The molecule has 0 unspecified atom stereocenters. The van der Waals surface area contributed by atoms with E-state index >= 15 is 0 Å². The lowest BCUT2D eigenvalue weighted by Crippen LogP contribution is -2.44. The molecule has 7 nitrogen and oxygen atoms in total. The molecule has 8 heteroatoms. The summed E-state index contributed by atoms with van der Waals surface area (Å²) in [4.78, 5) is 8.84. The van der Waals surface area contributed by atoms with E-state index in [1.807, 2.05) is 25.1 Å². The number of aromatic nitrogens is 3. The Morgan fingerprint density at radius 2 is 1.86 bits per heavy atom. The van der Waals surface area contributed by atoms with E-state index in [4.69, 9.17) is 11.6 Å². The predicted octanol–water partition coefficient (Wildman–Crippen LogP) is 3.05. The van der Waals surface area contributed by atoms with E-state index < -0.39 is 5.60 Å². The van der Waals surface area contributed by atoms with Gasteiger partial charge in [-0.3, -0.25) is 0 Å². The summed E-state index contributed by atoms with van der Waals surface area (Å²) in [6.45, 7) is 5.91. The van der Waals surface area contributed by atoms with Gasteiger partial charge in [-0.25, -0.2) is 4.98 Å². The summed E-state index contributed by atoms with van der Waals surface area (Å²) < 4.78 is 0. The molecule has 2 aliphatic rings. The lowest BCUT2D eigenvalue weighted by Gasteiger charge is -2.34. The van der Waals surface area contributed by atoms with Gasteiger partial charge < -0.3 is 20.2 Å². The van der Waals surface area contributed by atoms with Gasteiger partial charge in [-0.05, 0) is 57.9 Å². The molecule has 0 radical (unpaired) electrons. The van der Waals surface area contributed by atoms with Gasteiger partial charge >= 0.3 is 0 Å². The number of halogens is 1. The second kappa shape index (κ2) is 8.42. The van der Waals surface area contributed by atoms with Crippen molar-refractivity contribution in [1.29, 1.82) is 0 Å². The fourth-order valence-corrected chi connectivity index (χ4v) is 4.19. The molecule has 0 bridgehead atoms. The first-order valence-corrected chi connectivity index (χ1v) is 10.7. The molecule has 1 saturated carbocycles. The van der Waals surface area contributed by atoms with Gasteiger partial charge in [0.2, 0.25) is 0 Å². The minimum absolute atomic E-state index is 0.296. The van der Waals surface area contributed by atoms with Crippen LogP contribution in [-0.4, -0.2) is 70.1 Å². The number of anilines is 2. The fourth-order valence-electron chi connectivity index (χ4n) is 4.03. The molecule has 4 rings (SSSR count). The molecular weight excluding hydrogens is 388 g/mol. The van der Waals surface area contributed by atoms with Crippen molar-refractivity contribution >= 4 is 23.1 Å². The zero-order valence-corrected chi connectivity index (χ0v) is 17.9. The molecule has 0 spiro atoms. The van der Waals surface area contributed by atoms with Crippen LogP contribution in [0.25, 0.3) is 11.3 Å². The smallest absolute Gasteiger partial charge is 0.151 e. The van der Waals surface area contributed by atoms with Crippen molar-refractivity contribution in [2.24, 2.45) is 0 Å². The van der Waals surface area contributed by atoms with Crippen LogP contribution in [0, 0.1) is 0 Å². The molecule has 0 aromatic carbocycles. The van der Waals surface area contributed by atoms with Crippen molar-refractivity contribution in [3.05, 3.63) is 29.5 Å².